The van der Waals surface area contributed by atoms with Crippen LogP contribution < -0.4 is 10.1 Å². The molecule has 0 bridgehead atoms. The lowest BCUT2D eigenvalue weighted by molar-refractivity contribution is -0.139. The van der Waals surface area contributed by atoms with Crippen molar-refractivity contribution in [1.29, 1.82) is 0 Å². The Labute approximate surface area is 303 Å². The van der Waals surface area contributed by atoms with E-state index in [2.05, 4.69) is 5.32 Å². The predicted octanol–water partition coefficient (Wildman–Crippen LogP) is 7.72. The molecule has 4 N–H and O–H groups in total. The summed E-state index contributed by atoms with van der Waals surface area (Å²) in [4.78, 5) is 39.1. The first-order chi connectivity index (χ1) is 25.3. The van der Waals surface area contributed by atoms with Gasteiger partial charge in [-0.15, -0.1) is 0 Å². The Morgan fingerprint density at radius 1 is 0.849 bits per heavy atom. The van der Waals surface area contributed by atoms with Crippen molar-refractivity contribution in [3.8, 4) is 28.1 Å². The number of nitrogens with one attached hydrogen (secondary N) is 1. The first-order valence-electron chi connectivity index (χ1n) is 17.1. The van der Waals surface area contributed by atoms with E-state index in [0.29, 0.717) is 39.7 Å². The first-order valence-corrected chi connectivity index (χ1v) is 17.1. The van der Waals surface area contributed by atoms with E-state index in [-0.39, 0.29) is 54.3 Å². The van der Waals surface area contributed by atoms with Gasteiger partial charge in [-0.05, 0) is 71.8 Å². The molecule has 0 radical (unpaired) electrons. The van der Waals surface area contributed by atoms with Crippen LogP contribution in [-0.4, -0.2) is 49.9 Å². The number of aliphatic hydroxyl groups is 2. The number of anilines is 1. The summed E-state index contributed by atoms with van der Waals surface area (Å²) >= 11 is 0. The summed E-state index contributed by atoms with van der Waals surface area (Å²) in [6.45, 7) is 3.91. The van der Waals surface area contributed by atoms with Crippen molar-refractivity contribution in [2.45, 2.75) is 64.2 Å². The molecular weight excluding hydrogens is 689 g/mol. The molecule has 274 valence electrons. The van der Waals surface area contributed by atoms with E-state index >= 15 is 0 Å². The fourth-order valence-electron chi connectivity index (χ4n) is 6.96. The number of ether oxygens (including phenoxy) is 1. The SMILES string of the molecule is CC(C)c1c(C(=O)Nc2cccc3c2OC(=O)c2c(F)cc(F)cc2C3)c(-c2ccccc2)c(-c2ccc(F)cc2)n1CCC(O)CC(O)CC(=O)O. The average Bonchev–Trinajstić information content (AvgIpc) is 3.36. The molecule has 12 heteroatoms. The van der Waals surface area contributed by atoms with Crippen molar-refractivity contribution in [1.82, 2.24) is 4.57 Å². The second-order valence-electron chi connectivity index (χ2n) is 13.3. The third kappa shape index (κ3) is 7.88. The number of esters is 1. The van der Waals surface area contributed by atoms with E-state index in [1.54, 1.807) is 24.3 Å². The van der Waals surface area contributed by atoms with Crippen LogP contribution in [0, 0.1) is 17.5 Å². The second-order valence-corrected chi connectivity index (χ2v) is 13.3. The Balaban J connectivity index is 1.48. The Hall–Kier alpha value is -5.72. The van der Waals surface area contributed by atoms with Gasteiger partial charge in [0.05, 0.1) is 41.1 Å². The molecular formula is C41H37F3N2O7. The molecule has 0 spiro atoms. The van der Waals surface area contributed by atoms with Gasteiger partial charge < -0.3 is 29.9 Å². The number of carboxylic acid groups (broad SMARTS) is 1. The number of amides is 1. The summed E-state index contributed by atoms with van der Waals surface area (Å²) in [5, 5.41) is 33.1. The van der Waals surface area contributed by atoms with Crippen molar-refractivity contribution in [3.63, 3.8) is 0 Å². The highest BCUT2D eigenvalue weighted by atomic mass is 19.1. The minimum atomic E-state index is -1.27. The minimum Gasteiger partial charge on any atom is -0.481 e. The molecule has 2 unspecified atom stereocenters. The lowest BCUT2D eigenvalue weighted by atomic mass is 9.94. The van der Waals surface area contributed by atoms with E-state index in [1.165, 1.54) is 18.2 Å². The van der Waals surface area contributed by atoms with Gasteiger partial charge in [0.1, 0.15) is 17.5 Å². The van der Waals surface area contributed by atoms with Crippen LogP contribution in [0.1, 0.15) is 76.6 Å². The van der Waals surface area contributed by atoms with Crippen LogP contribution in [0.4, 0.5) is 18.9 Å². The fourth-order valence-corrected chi connectivity index (χ4v) is 6.96. The molecule has 0 fully saturated rings. The lowest BCUT2D eigenvalue weighted by Gasteiger charge is -2.20. The van der Waals surface area contributed by atoms with Crippen molar-refractivity contribution >= 4 is 23.5 Å². The summed E-state index contributed by atoms with van der Waals surface area (Å²) < 4.78 is 50.7. The monoisotopic (exact) mass is 726 g/mol. The van der Waals surface area contributed by atoms with E-state index in [4.69, 9.17) is 9.84 Å². The van der Waals surface area contributed by atoms with Crippen LogP contribution in [0.2, 0.25) is 0 Å². The average molecular weight is 727 g/mol. The highest BCUT2D eigenvalue weighted by Gasteiger charge is 2.33. The molecule has 1 aliphatic heterocycles. The van der Waals surface area contributed by atoms with Gasteiger partial charge in [0.2, 0.25) is 0 Å². The summed E-state index contributed by atoms with van der Waals surface area (Å²) in [5.74, 6) is -5.53. The number of carbonyl (C=O) groups is 3. The van der Waals surface area contributed by atoms with E-state index < -0.39 is 59.5 Å². The van der Waals surface area contributed by atoms with Crippen molar-refractivity contribution < 1.29 is 47.6 Å². The molecule has 2 atom stereocenters. The molecule has 9 nitrogen and oxygen atoms in total. The quantitative estimate of drug-likeness (QED) is 0.0763. The summed E-state index contributed by atoms with van der Waals surface area (Å²) in [7, 11) is 0. The topological polar surface area (TPSA) is 138 Å². The van der Waals surface area contributed by atoms with Gasteiger partial charge in [0.25, 0.3) is 5.91 Å². The Kier molecular flexibility index (Phi) is 10.8. The van der Waals surface area contributed by atoms with Gasteiger partial charge in [0.15, 0.2) is 5.75 Å². The zero-order valence-electron chi connectivity index (χ0n) is 28.9. The van der Waals surface area contributed by atoms with Gasteiger partial charge in [-0.3, -0.25) is 9.59 Å². The Morgan fingerprint density at radius 3 is 2.25 bits per heavy atom. The van der Waals surface area contributed by atoms with E-state index in [1.807, 2.05) is 48.7 Å². The predicted molar refractivity (Wildman–Crippen MR) is 191 cm³/mol. The molecule has 0 aliphatic carbocycles. The van der Waals surface area contributed by atoms with Gasteiger partial charge in [-0.25, -0.2) is 18.0 Å². The number of nitrogens with zero attached hydrogens (tertiary/aromatic N) is 1. The Bertz CT molecular complexity index is 2180. The van der Waals surface area contributed by atoms with Gasteiger partial charge in [-0.1, -0.05) is 56.3 Å². The standard InChI is InChI=1S/C41H37F3N2O7/c1-22(2)37-36(40(51)45-32-10-6-9-25-17-26-18-28(43)19-31(44)34(26)41(52)53-39(25)32)35(23-7-4-3-5-8-23)38(24-11-13-27(42)14-12-24)46(37)16-15-29(47)20-30(48)21-33(49)50/h3-14,18-19,22,29-30,47-48H,15-17,20-21H2,1-2H3,(H,45,51)(H,49,50). The number of aromatic nitrogens is 1. The highest BCUT2D eigenvalue weighted by Crippen LogP contribution is 2.44. The molecule has 2 heterocycles. The minimum absolute atomic E-state index is 0.0181. The second kappa shape index (κ2) is 15.5. The van der Waals surface area contributed by atoms with E-state index in [9.17, 15) is 37.8 Å². The number of aliphatic carboxylic acids is 1. The number of para-hydroxylation sites is 1. The molecule has 4 aromatic carbocycles. The van der Waals surface area contributed by atoms with Crippen molar-refractivity contribution in [2.75, 3.05) is 5.32 Å². The number of halogens is 3. The highest BCUT2D eigenvalue weighted by molar-refractivity contribution is 6.13. The van der Waals surface area contributed by atoms with Crippen LogP contribution >= 0.6 is 0 Å². The molecule has 0 saturated carbocycles. The zero-order chi connectivity index (χ0) is 38.0. The van der Waals surface area contributed by atoms with Gasteiger partial charge in [-0.2, -0.15) is 0 Å². The number of hydrogen-bond donors (Lipinski definition) is 4. The maximum Gasteiger partial charge on any atom is 0.346 e. The molecule has 1 aromatic heterocycles. The van der Waals surface area contributed by atoms with Crippen molar-refractivity contribution in [3.05, 3.63) is 130 Å². The van der Waals surface area contributed by atoms with E-state index in [0.717, 1.165) is 6.07 Å². The lowest BCUT2D eigenvalue weighted by Crippen LogP contribution is -2.22. The number of carboxylic acids is 1. The fraction of sp³-hybridized carbons (Fsp3) is 0.244. The first kappa shape index (κ1) is 37.1. The van der Waals surface area contributed by atoms with Crippen LogP contribution in [0.15, 0.2) is 84.9 Å². The number of fused-ring (bicyclic) bond motifs is 2. The third-order valence-electron chi connectivity index (χ3n) is 9.16. The number of rotatable bonds is 12. The maximum absolute atomic E-state index is 14.8. The Morgan fingerprint density at radius 2 is 1.57 bits per heavy atom. The molecule has 6 rings (SSSR count). The van der Waals surface area contributed by atoms with Gasteiger partial charge >= 0.3 is 11.9 Å². The van der Waals surface area contributed by atoms with Gasteiger partial charge in [0, 0.05) is 35.9 Å². The van der Waals surface area contributed by atoms with Crippen molar-refractivity contribution in [2.24, 2.45) is 0 Å². The summed E-state index contributed by atoms with van der Waals surface area (Å²) in [6.07, 6.45) is -3.05. The largest absolute Gasteiger partial charge is 0.481 e. The normalized spacial score (nSPS) is 13.5. The zero-order valence-corrected chi connectivity index (χ0v) is 28.9. The third-order valence-corrected chi connectivity index (χ3v) is 9.16. The number of aliphatic hydroxyl groups excluding tert-OH is 2. The number of benzene rings is 4. The number of carbonyl (C=O) groups excluding carboxylic acids is 2. The van der Waals surface area contributed by atoms with Crippen LogP contribution in [-0.2, 0) is 17.8 Å². The molecule has 53 heavy (non-hydrogen) atoms. The smallest absolute Gasteiger partial charge is 0.346 e. The van der Waals surface area contributed by atoms with Crippen LogP contribution in [0.5, 0.6) is 5.75 Å². The maximum atomic E-state index is 14.8. The molecule has 1 aliphatic rings. The molecule has 0 saturated heterocycles. The molecule has 1 amide bonds. The molecule has 5 aromatic rings. The summed E-state index contributed by atoms with van der Waals surface area (Å²) in [6, 6.07) is 21.3. The van der Waals surface area contributed by atoms with Crippen LogP contribution in [0.25, 0.3) is 22.4 Å². The number of hydrogen-bond acceptors (Lipinski definition) is 6. The van der Waals surface area contributed by atoms with Crippen LogP contribution in [0.3, 0.4) is 0 Å². The summed E-state index contributed by atoms with van der Waals surface area (Å²) in [5.41, 5.74) is 3.31.